The molecule has 1 aromatic carbocycles. The van der Waals surface area contributed by atoms with Gasteiger partial charge < -0.3 is 10.6 Å². The average Bonchev–Trinajstić information content (AvgIpc) is 2.71. The number of likely N-dealkylation sites (tertiary alicyclic amines) is 1. The van der Waals surface area contributed by atoms with E-state index in [0.29, 0.717) is 12.6 Å². The molecule has 1 aromatic rings. The highest BCUT2D eigenvalue weighted by Crippen LogP contribution is 2.18. The lowest BCUT2D eigenvalue weighted by atomic mass is 10.0. The van der Waals surface area contributed by atoms with E-state index < -0.39 is 10.0 Å². The Kier molecular flexibility index (Phi) is 11.3. The van der Waals surface area contributed by atoms with Crippen molar-refractivity contribution in [3.8, 4) is 0 Å². The Labute approximate surface area is 186 Å². The van der Waals surface area contributed by atoms with Crippen LogP contribution in [0, 0.1) is 0 Å². The lowest BCUT2D eigenvalue weighted by Crippen LogP contribution is -2.45. The van der Waals surface area contributed by atoms with Crippen LogP contribution >= 0.6 is 24.0 Å². The van der Waals surface area contributed by atoms with Crippen LogP contribution < -0.4 is 15.4 Å². The Hall–Kier alpha value is -0.910. The summed E-state index contributed by atoms with van der Waals surface area (Å²) in [6.07, 6.45) is 5.16. The number of nitrogens with one attached hydrogen (secondary N) is 3. The average molecular weight is 523 g/mol. The molecule has 9 heteroatoms. The number of hydrogen-bond acceptors (Lipinski definition) is 4. The minimum atomic E-state index is -3.39. The zero-order valence-electron chi connectivity index (χ0n) is 17.1. The van der Waals surface area contributed by atoms with Gasteiger partial charge in [0.2, 0.25) is 10.0 Å². The standard InChI is InChI=1S/C19H33N5O2S.HI/c1-4-17-7-5-6-13-24(17)14-12-22-19(20-2)23-15-16-8-10-18(11-9-16)27(25,26)21-3;/h8-11,17,21H,4-7,12-15H2,1-3H3,(H2,20,22,23);1H. The van der Waals surface area contributed by atoms with Gasteiger partial charge in [0.1, 0.15) is 0 Å². The van der Waals surface area contributed by atoms with E-state index in [1.807, 2.05) is 12.1 Å². The van der Waals surface area contributed by atoms with Crippen molar-refractivity contribution in [2.24, 2.45) is 4.99 Å². The molecule has 1 fully saturated rings. The number of halogens is 1. The molecule has 1 aliphatic heterocycles. The van der Waals surface area contributed by atoms with E-state index in [1.165, 1.54) is 39.3 Å². The number of guanidine groups is 1. The van der Waals surface area contributed by atoms with E-state index >= 15 is 0 Å². The molecule has 2 rings (SSSR count). The first-order valence-electron chi connectivity index (χ1n) is 9.71. The number of aliphatic imine (C=N–C) groups is 1. The van der Waals surface area contributed by atoms with Crippen LogP contribution in [0.1, 0.15) is 38.2 Å². The smallest absolute Gasteiger partial charge is 0.240 e. The van der Waals surface area contributed by atoms with Crippen molar-refractivity contribution in [2.75, 3.05) is 33.7 Å². The summed E-state index contributed by atoms with van der Waals surface area (Å²) in [5, 5.41) is 6.64. The van der Waals surface area contributed by atoms with Crippen molar-refractivity contribution in [3.05, 3.63) is 29.8 Å². The normalized spacial score (nSPS) is 18.4. The van der Waals surface area contributed by atoms with Crippen molar-refractivity contribution in [3.63, 3.8) is 0 Å². The van der Waals surface area contributed by atoms with Crippen LogP contribution in [0.25, 0.3) is 0 Å². The summed E-state index contributed by atoms with van der Waals surface area (Å²) in [6.45, 7) is 5.92. The van der Waals surface area contributed by atoms with Crippen LogP contribution in [-0.4, -0.2) is 59.0 Å². The second kappa shape index (κ2) is 12.6. The monoisotopic (exact) mass is 523 g/mol. The first kappa shape index (κ1) is 25.1. The Morgan fingerprint density at radius 1 is 1.21 bits per heavy atom. The summed E-state index contributed by atoms with van der Waals surface area (Å²) in [6, 6.07) is 7.55. The zero-order chi connectivity index (χ0) is 19.7. The fraction of sp³-hybridized carbons (Fsp3) is 0.632. The Morgan fingerprint density at radius 3 is 2.54 bits per heavy atom. The molecular weight excluding hydrogens is 489 g/mol. The molecule has 0 radical (unpaired) electrons. The topological polar surface area (TPSA) is 85.8 Å². The summed E-state index contributed by atoms with van der Waals surface area (Å²) < 4.78 is 25.8. The summed E-state index contributed by atoms with van der Waals surface area (Å²) in [5.74, 6) is 0.756. The highest BCUT2D eigenvalue weighted by molar-refractivity contribution is 14.0. The van der Waals surface area contributed by atoms with Crippen molar-refractivity contribution in [2.45, 2.75) is 50.1 Å². The van der Waals surface area contributed by atoms with E-state index in [1.54, 1.807) is 19.2 Å². The van der Waals surface area contributed by atoms with Crippen molar-refractivity contribution >= 4 is 40.0 Å². The molecule has 0 aliphatic carbocycles. The van der Waals surface area contributed by atoms with Crippen molar-refractivity contribution < 1.29 is 8.42 Å². The second-order valence-electron chi connectivity index (χ2n) is 6.80. The maximum absolute atomic E-state index is 11.8. The molecule has 0 amide bonds. The first-order valence-corrected chi connectivity index (χ1v) is 11.2. The molecule has 3 N–H and O–H groups in total. The second-order valence-corrected chi connectivity index (χ2v) is 8.68. The van der Waals surface area contributed by atoms with Gasteiger partial charge in [-0.15, -0.1) is 24.0 Å². The van der Waals surface area contributed by atoms with Crippen molar-refractivity contribution in [1.82, 2.24) is 20.3 Å². The summed E-state index contributed by atoms with van der Waals surface area (Å²) >= 11 is 0. The molecule has 0 saturated carbocycles. The van der Waals surface area contributed by atoms with Crippen LogP contribution in [-0.2, 0) is 16.6 Å². The number of sulfonamides is 1. The summed E-state index contributed by atoms with van der Waals surface area (Å²) in [7, 11) is -0.224. The van der Waals surface area contributed by atoms with Gasteiger partial charge in [0.25, 0.3) is 0 Å². The largest absolute Gasteiger partial charge is 0.355 e. The van der Waals surface area contributed by atoms with Crippen LogP contribution in [0.5, 0.6) is 0 Å². The third kappa shape index (κ3) is 7.49. The van der Waals surface area contributed by atoms with Gasteiger partial charge in [-0.25, -0.2) is 13.1 Å². The van der Waals surface area contributed by atoms with E-state index in [9.17, 15) is 8.42 Å². The molecule has 0 bridgehead atoms. The van der Waals surface area contributed by atoms with Gasteiger partial charge in [0.15, 0.2) is 5.96 Å². The van der Waals surface area contributed by atoms with Crippen LogP contribution in [0.15, 0.2) is 34.2 Å². The first-order chi connectivity index (χ1) is 13.0. The molecular formula is C19H34IN5O2S. The van der Waals surface area contributed by atoms with Gasteiger partial charge in [-0.3, -0.25) is 9.89 Å². The number of benzene rings is 1. The van der Waals surface area contributed by atoms with E-state index in [2.05, 4.69) is 32.2 Å². The van der Waals surface area contributed by atoms with Gasteiger partial charge >= 0.3 is 0 Å². The lowest BCUT2D eigenvalue weighted by Gasteiger charge is -2.35. The van der Waals surface area contributed by atoms with Gasteiger partial charge in [0, 0.05) is 32.7 Å². The maximum atomic E-state index is 11.8. The number of nitrogens with zero attached hydrogens (tertiary/aromatic N) is 2. The van der Waals surface area contributed by atoms with E-state index in [0.717, 1.165) is 24.6 Å². The highest BCUT2D eigenvalue weighted by Gasteiger charge is 2.19. The van der Waals surface area contributed by atoms with Crippen LogP contribution in [0.2, 0.25) is 0 Å². The molecule has 1 atom stereocenters. The van der Waals surface area contributed by atoms with E-state index in [4.69, 9.17) is 0 Å². The molecule has 160 valence electrons. The predicted octanol–water partition coefficient (Wildman–Crippen LogP) is 2.14. The molecule has 1 aliphatic rings. The molecule has 1 unspecified atom stereocenters. The van der Waals surface area contributed by atoms with Gasteiger partial charge in [-0.1, -0.05) is 25.5 Å². The van der Waals surface area contributed by atoms with Gasteiger partial charge in [-0.05, 0) is 50.6 Å². The number of rotatable bonds is 8. The fourth-order valence-electron chi connectivity index (χ4n) is 3.45. The lowest BCUT2D eigenvalue weighted by molar-refractivity contribution is 0.147. The fourth-order valence-corrected chi connectivity index (χ4v) is 4.18. The SMILES string of the molecule is CCC1CCCCN1CCNC(=NC)NCc1ccc(S(=O)(=O)NC)cc1.I. The Morgan fingerprint density at radius 2 is 1.93 bits per heavy atom. The third-order valence-corrected chi connectivity index (χ3v) is 6.53. The highest BCUT2D eigenvalue weighted by atomic mass is 127. The predicted molar refractivity (Wildman–Crippen MR) is 126 cm³/mol. The maximum Gasteiger partial charge on any atom is 0.240 e. The molecule has 0 spiro atoms. The zero-order valence-corrected chi connectivity index (χ0v) is 20.2. The molecule has 1 heterocycles. The third-order valence-electron chi connectivity index (χ3n) is 5.10. The quantitative estimate of drug-likeness (QED) is 0.276. The molecule has 7 nitrogen and oxygen atoms in total. The van der Waals surface area contributed by atoms with Crippen molar-refractivity contribution in [1.29, 1.82) is 0 Å². The van der Waals surface area contributed by atoms with Gasteiger partial charge in [0.05, 0.1) is 4.90 Å². The molecule has 0 aromatic heterocycles. The number of hydrogen-bond donors (Lipinski definition) is 3. The summed E-state index contributed by atoms with van der Waals surface area (Å²) in [5.41, 5.74) is 0.995. The number of piperidine rings is 1. The van der Waals surface area contributed by atoms with E-state index in [-0.39, 0.29) is 28.9 Å². The molecule has 1 saturated heterocycles. The molecule has 28 heavy (non-hydrogen) atoms. The summed E-state index contributed by atoms with van der Waals surface area (Å²) in [4.78, 5) is 7.11. The Bertz CT molecular complexity index is 710. The minimum Gasteiger partial charge on any atom is -0.355 e. The van der Waals surface area contributed by atoms with Gasteiger partial charge in [-0.2, -0.15) is 0 Å². The minimum absolute atomic E-state index is 0. The Balaban J connectivity index is 0.00000392. The van der Waals surface area contributed by atoms with Crippen LogP contribution in [0.4, 0.5) is 0 Å². The van der Waals surface area contributed by atoms with Crippen LogP contribution in [0.3, 0.4) is 0 Å².